The number of aromatic nitrogens is 2. The zero-order valence-corrected chi connectivity index (χ0v) is 18.1. The van der Waals surface area contributed by atoms with Gasteiger partial charge in [-0.3, -0.25) is 9.59 Å². The molecule has 1 N–H and O–H groups in total. The SMILES string of the molecule is Cc1ccc(C(CNC(=O)c2nn(-c3ccc(C)c(C)c3)ccc2=O)N(C)C)cc1. The molecule has 0 spiro atoms. The lowest BCUT2D eigenvalue weighted by molar-refractivity contribution is 0.0934. The maximum atomic E-state index is 12.8. The summed E-state index contributed by atoms with van der Waals surface area (Å²) in [5, 5.41) is 7.18. The van der Waals surface area contributed by atoms with Crippen LogP contribution in [0.2, 0.25) is 0 Å². The lowest BCUT2D eigenvalue weighted by Gasteiger charge is -2.25. The summed E-state index contributed by atoms with van der Waals surface area (Å²) in [5.41, 5.74) is 4.86. The van der Waals surface area contributed by atoms with E-state index in [0.717, 1.165) is 16.8 Å². The molecule has 0 aliphatic rings. The third-order valence-corrected chi connectivity index (χ3v) is 5.32. The van der Waals surface area contributed by atoms with Crippen molar-refractivity contribution in [1.29, 1.82) is 0 Å². The van der Waals surface area contributed by atoms with Gasteiger partial charge in [0.2, 0.25) is 5.43 Å². The van der Waals surface area contributed by atoms with Crippen molar-refractivity contribution in [2.24, 2.45) is 0 Å². The van der Waals surface area contributed by atoms with Crippen molar-refractivity contribution in [3.05, 3.63) is 92.9 Å². The number of hydrogen-bond acceptors (Lipinski definition) is 4. The molecule has 2 aromatic carbocycles. The van der Waals surface area contributed by atoms with E-state index in [-0.39, 0.29) is 11.7 Å². The molecule has 0 saturated heterocycles. The van der Waals surface area contributed by atoms with Gasteiger partial charge in [-0.05, 0) is 63.7 Å². The van der Waals surface area contributed by atoms with Crippen LogP contribution < -0.4 is 10.7 Å². The van der Waals surface area contributed by atoms with E-state index in [2.05, 4.69) is 34.7 Å². The Morgan fingerprint density at radius 1 is 1.03 bits per heavy atom. The Morgan fingerprint density at radius 2 is 1.73 bits per heavy atom. The van der Waals surface area contributed by atoms with E-state index in [1.807, 2.05) is 58.0 Å². The minimum atomic E-state index is -0.475. The zero-order valence-electron chi connectivity index (χ0n) is 18.1. The Hall–Kier alpha value is -3.25. The van der Waals surface area contributed by atoms with Gasteiger partial charge in [0.25, 0.3) is 5.91 Å². The topological polar surface area (TPSA) is 67.2 Å². The zero-order chi connectivity index (χ0) is 21.8. The monoisotopic (exact) mass is 404 g/mol. The first-order chi connectivity index (χ1) is 14.3. The number of amides is 1. The van der Waals surface area contributed by atoms with Crippen molar-refractivity contribution < 1.29 is 4.79 Å². The number of rotatable bonds is 6. The second kappa shape index (κ2) is 9.05. The predicted molar refractivity (Wildman–Crippen MR) is 119 cm³/mol. The van der Waals surface area contributed by atoms with E-state index < -0.39 is 11.3 Å². The summed E-state index contributed by atoms with van der Waals surface area (Å²) in [7, 11) is 3.92. The van der Waals surface area contributed by atoms with Crippen molar-refractivity contribution in [3.63, 3.8) is 0 Å². The molecule has 0 saturated carbocycles. The number of likely N-dealkylation sites (N-methyl/N-ethyl adjacent to an activating group) is 1. The van der Waals surface area contributed by atoms with Crippen LogP contribution in [-0.4, -0.2) is 41.2 Å². The molecule has 30 heavy (non-hydrogen) atoms. The van der Waals surface area contributed by atoms with Crippen molar-refractivity contribution in [2.45, 2.75) is 26.8 Å². The number of nitrogens with zero attached hydrogens (tertiary/aromatic N) is 3. The van der Waals surface area contributed by atoms with Crippen LogP contribution in [0.15, 0.2) is 59.5 Å². The molecule has 0 radical (unpaired) electrons. The number of benzene rings is 2. The molecule has 3 rings (SSSR count). The molecular formula is C24H28N4O2. The van der Waals surface area contributed by atoms with Crippen molar-refractivity contribution in [2.75, 3.05) is 20.6 Å². The van der Waals surface area contributed by atoms with E-state index in [1.54, 1.807) is 10.9 Å². The van der Waals surface area contributed by atoms with Crippen LogP contribution in [0.1, 0.15) is 38.8 Å². The highest BCUT2D eigenvalue weighted by Crippen LogP contribution is 2.18. The average molecular weight is 405 g/mol. The molecular weight excluding hydrogens is 376 g/mol. The molecule has 1 aromatic heterocycles. The summed E-state index contributed by atoms with van der Waals surface area (Å²) in [6, 6.07) is 15.5. The Balaban J connectivity index is 1.81. The molecule has 0 bridgehead atoms. The molecule has 0 fully saturated rings. The summed E-state index contributed by atoms with van der Waals surface area (Å²) in [6.45, 7) is 6.46. The molecule has 1 atom stereocenters. The molecule has 1 amide bonds. The molecule has 6 heteroatoms. The quantitative estimate of drug-likeness (QED) is 0.685. The van der Waals surface area contributed by atoms with Crippen molar-refractivity contribution >= 4 is 5.91 Å². The molecule has 156 valence electrons. The molecule has 6 nitrogen and oxygen atoms in total. The molecule has 3 aromatic rings. The largest absolute Gasteiger partial charge is 0.349 e. The molecule has 1 heterocycles. The summed E-state index contributed by atoms with van der Waals surface area (Å²) < 4.78 is 1.56. The summed E-state index contributed by atoms with van der Waals surface area (Å²) in [5.74, 6) is -0.475. The van der Waals surface area contributed by atoms with Gasteiger partial charge >= 0.3 is 0 Å². The maximum absolute atomic E-state index is 12.8. The van der Waals surface area contributed by atoms with Gasteiger partial charge in [-0.25, -0.2) is 4.68 Å². The van der Waals surface area contributed by atoms with E-state index in [1.165, 1.54) is 17.2 Å². The first kappa shape index (κ1) is 21.5. The van der Waals surface area contributed by atoms with Crippen LogP contribution >= 0.6 is 0 Å². The van der Waals surface area contributed by atoms with Crippen LogP contribution in [0, 0.1) is 20.8 Å². The fourth-order valence-corrected chi connectivity index (χ4v) is 3.24. The maximum Gasteiger partial charge on any atom is 0.275 e. The third-order valence-electron chi connectivity index (χ3n) is 5.32. The van der Waals surface area contributed by atoms with Gasteiger partial charge in [0.1, 0.15) is 0 Å². The van der Waals surface area contributed by atoms with Gasteiger partial charge in [-0.15, -0.1) is 0 Å². The predicted octanol–water partition coefficient (Wildman–Crippen LogP) is 3.19. The first-order valence-corrected chi connectivity index (χ1v) is 9.95. The molecule has 1 unspecified atom stereocenters. The van der Waals surface area contributed by atoms with Gasteiger partial charge in [0.15, 0.2) is 5.69 Å². The van der Waals surface area contributed by atoms with Gasteiger partial charge in [-0.2, -0.15) is 5.10 Å². The van der Waals surface area contributed by atoms with Gasteiger partial charge in [0.05, 0.1) is 11.7 Å². The van der Waals surface area contributed by atoms with Gasteiger partial charge in [0, 0.05) is 18.8 Å². The van der Waals surface area contributed by atoms with Crippen molar-refractivity contribution in [3.8, 4) is 5.69 Å². The number of nitrogens with one attached hydrogen (secondary N) is 1. The Kier molecular flexibility index (Phi) is 6.47. The summed E-state index contributed by atoms with van der Waals surface area (Å²) in [4.78, 5) is 27.1. The normalized spacial score (nSPS) is 12.1. The van der Waals surface area contributed by atoms with Gasteiger partial charge < -0.3 is 10.2 Å². The Bertz CT molecular complexity index is 1100. The average Bonchev–Trinajstić information content (AvgIpc) is 2.71. The number of hydrogen-bond donors (Lipinski definition) is 1. The van der Waals surface area contributed by atoms with Crippen LogP contribution in [0.25, 0.3) is 5.69 Å². The second-order valence-electron chi connectivity index (χ2n) is 7.84. The third kappa shape index (κ3) is 4.83. The smallest absolute Gasteiger partial charge is 0.275 e. The van der Waals surface area contributed by atoms with E-state index in [9.17, 15) is 9.59 Å². The van der Waals surface area contributed by atoms with Gasteiger partial charge in [-0.1, -0.05) is 35.9 Å². The lowest BCUT2D eigenvalue weighted by atomic mass is 10.0. The Labute approximate surface area is 177 Å². The number of carbonyl (C=O) groups excluding carboxylic acids is 1. The fraction of sp³-hybridized carbons (Fsp3) is 0.292. The van der Waals surface area contributed by atoms with Crippen LogP contribution in [0.3, 0.4) is 0 Å². The van der Waals surface area contributed by atoms with Crippen LogP contribution in [0.5, 0.6) is 0 Å². The first-order valence-electron chi connectivity index (χ1n) is 9.95. The highest BCUT2D eigenvalue weighted by Gasteiger charge is 2.18. The highest BCUT2D eigenvalue weighted by molar-refractivity contribution is 5.92. The second-order valence-corrected chi connectivity index (χ2v) is 7.84. The van der Waals surface area contributed by atoms with Crippen LogP contribution in [-0.2, 0) is 0 Å². The van der Waals surface area contributed by atoms with Crippen LogP contribution in [0.4, 0.5) is 0 Å². The standard InChI is InChI=1S/C24H28N4O2/c1-16-6-9-19(10-7-16)21(27(4)5)15-25-24(30)23-22(29)12-13-28(26-23)20-11-8-17(2)18(3)14-20/h6-14,21H,15H2,1-5H3,(H,25,30). The highest BCUT2D eigenvalue weighted by atomic mass is 16.2. The van der Waals surface area contributed by atoms with E-state index in [4.69, 9.17) is 0 Å². The minimum absolute atomic E-state index is 0.0137. The molecule has 0 aliphatic carbocycles. The molecule has 0 aliphatic heterocycles. The summed E-state index contributed by atoms with van der Waals surface area (Å²) in [6.07, 6.45) is 1.58. The van der Waals surface area contributed by atoms with Crippen molar-refractivity contribution in [1.82, 2.24) is 20.0 Å². The fourth-order valence-electron chi connectivity index (χ4n) is 3.24. The van der Waals surface area contributed by atoms with E-state index >= 15 is 0 Å². The minimum Gasteiger partial charge on any atom is -0.349 e. The number of carbonyl (C=O) groups is 1. The number of aryl methyl sites for hydroxylation is 3. The summed E-state index contributed by atoms with van der Waals surface area (Å²) >= 11 is 0. The lowest BCUT2D eigenvalue weighted by Crippen LogP contribution is -2.37. The van der Waals surface area contributed by atoms with E-state index in [0.29, 0.717) is 6.54 Å². The Morgan fingerprint density at radius 3 is 2.37 bits per heavy atom.